The topological polar surface area (TPSA) is 73.1 Å². The Labute approximate surface area is 104 Å². The molecule has 1 unspecified atom stereocenters. The Morgan fingerprint density at radius 1 is 1.47 bits per heavy atom. The van der Waals surface area contributed by atoms with Crippen LogP contribution in [0.15, 0.2) is 29.6 Å². The van der Waals surface area contributed by atoms with Crippen LogP contribution >= 0.6 is 11.5 Å². The summed E-state index contributed by atoms with van der Waals surface area (Å²) in [5.41, 5.74) is 4.69. The molecule has 0 aliphatic heterocycles. The number of benzene rings is 1. The lowest BCUT2D eigenvalue weighted by molar-refractivity contribution is 0.405. The maximum atomic E-state index is 5.55. The van der Waals surface area contributed by atoms with E-state index >= 15 is 0 Å². The summed E-state index contributed by atoms with van der Waals surface area (Å²) in [7, 11) is 1.66. The van der Waals surface area contributed by atoms with Crippen LogP contribution < -0.4 is 16.0 Å². The number of rotatable bonds is 5. The monoisotopic (exact) mass is 250 g/mol. The number of para-hydroxylation sites is 1. The van der Waals surface area contributed by atoms with Gasteiger partial charge in [-0.3, -0.25) is 11.3 Å². The molecule has 3 N–H and O–H groups in total. The van der Waals surface area contributed by atoms with E-state index in [9.17, 15) is 0 Å². The molecule has 90 valence electrons. The van der Waals surface area contributed by atoms with Crippen molar-refractivity contribution in [1.29, 1.82) is 0 Å². The number of nitrogens with zero attached hydrogens (tertiary/aromatic N) is 2. The Balaban J connectivity index is 2.18. The Hall–Kier alpha value is -1.50. The smallest absolute Gasteiger partial charge is 0.122 e. The summed E-state index contributed by atoms with van der Waals surface area (Å²) < 4.78 is 9.15. The van der Waals surface area contributed by atoms with E-state index in [2.05, 4.69) is 15.0 Å². The van der Waals surface area contributed by atoms with Crippen molar-refractivity contribution >= 4 is 11.5 Å². The summed E-state index contributed by atoms with van der Waals surface area (Å²) in [6.45, 7) is 0. The standard InChI is InChI=1S/C11H14N4OS/c1-16-11-5-3-2-4-8(11)6-9(13-12)10-7-17-15-14-10/h2-5,7,9,13H,6,12H2,1H3. The first kappa shape index (κ1) is 12.0. The number of hydrazine groups is 1. The predicted octanol–water partition coefficient (Wildman–Crippen LogP) is 1.29. The molecule has 6 heteroatoms. The van der Waals surface area contributed by atoms with Crippen LogP contribution in [0, 0.1) is 0 Å². The normalized spacial score (nSPS) is 12.4. The van der Waals surface area contributed by atoms with Crippen LogP contribution in [0.1, 0.15) is 17.3 Å². The van der Waals surface area contributed by atoms with Gasteiger partial charge >= 0.3 is 0 Å². The Kier molecular flexibility index (Phi) is 4.03. The lowest BCUT2D eigenvalue weighted by atomic mass is 10.0. The highest BCUT2D eigenvalue weighted by Gasteiger charge is 2.15. The zero-order valence-corrected chi connectivity index (χ0v) is 10.3. The van der Waals surface area contributed by atoms with Crippen LogP contribution in [-0.4, -0.2) is 16.7 Å². The number of hydrogen-bond acceptors (Lipinski definition) is 6. The average Bonchev–Trinajstić information content (AvgIpc) is 2.90. The van der Waals surface area contributed by atoms with Gasteiger partial charge in [-0.2, -0.15) is 0 Å². The van der Waals surface area contributed by atoms with Gasteiger partial charge in [0.25, 0.3) is 0 Å². The van der Waals surface area contributed by atoms with Crippen molar-refractivity contribution in [2.24, 2.45) is 5.84 Å². The maximum absolute atomic E-state index is 5.55. The molecule has 2 rings (SSSR count). The van der Waals surface area contributed by atoms with Crippen LogP contribution in [0.25, 0.3) is 0 Å². The second-order valence-corrected chi connectivity index (χ2v) is 4.17. The fourth-order valence-electron chi connectivity index (χ4n) is 1.66. The summed E-state index contributed by atoms with van der Waals surface area (Å²) in [5.74, 6) is 6.41. The van der Waals surface area contributed by atoms with E-state index in [1.807, 2.05) is 29.6 Å². The Bertz CT molecular complexity index is 460. The molecule has 2 aromatic rings. The molecular weight excluding hydrogens is 236 g/mol. The van der Waals surface area contributed by atoms with Gasteiger partial charge < -0.3 is 4.74 Å². The van der Waals surface area contributed by atoms with Crippen molar-refractivity contribution < 1.29 is 4.74 Å². The molecule has 0 bridgehead atoms. The van der Waals surface area contributed by atoms with Crippen molar-refractivity contribution in [3.8, 4) is 5.75 Å². The lowest BCUT2D eigenvalue weighted by Gasteiger charge is -2.15. The second-order valence-electron chi connectivity index (χ2n) is 3.56. The molecule has 0 saturated heterocycles. The second kappa shape index (κ2) is 5.72. The molecule has 0 aliphatic carbocycles. The van der Waals surface area contributed by atoms with E-state index in [1.165, 1.54) is 11.5 Å². The summed E-state index contributed by atoms with van der Waals surface area (Å²) in [5, 5.41) is 5.91. The first-order valence-corrected chi connectivity index (χ1v) is 6.03. The van der Waals surface area contributed by atoms with E-state index < -0.39 is 0 Å². The first-order chi connectivity index (χ1) is 8.35. The van der Waals surface area contributed by atoms with Crippen molar-refractivity contribution in [3.63, 3.8) is 0 Å². The molecule has 0 spiro atoms. The fraction of sp³-hybridized carbons (Fsp3) is 0.273. The fourth-order valence-corrected chi connectivity index (χ4v) is 2.17. The third-order valence-corrected chi connectivity index (χ3v) is 3.07. The molecule has 0 radical (unpaired) electrons. The van der Waals surface area contributed by atoms with E-state index in [4.69, 9.17) is 10.6 Å². The van der Waals surface area contributed by atoms with Crippen LogP contribution in [0.4, 0.5) is 0 Å². The predicted molar refractivity (Wildman–Crippen MR) is 66.7 cm³/mol. The lowest BCUT2D eigenvalue weighted by Crippen LogP contribution is -2.30. The number of aromatic nitrogens is 2. The van der Waals surface area contributed by atoms with Gasteiger partial charge in [0.2, 0.25) is 0 Å². The summed E-state index contributed by atoms with van der Waals surface area (Å²) in [6.07, 6.45) is 0.714. The SMILES string of the molecule is COc1ccccc1CC(NN)c1csnn1. The minimum Gasteiger partial charge on any atom is -0.496 e. The van der Waals surface area contributed by atoms with Gasteiger partial charge in [0.05, 0.1) is 18.8 Å². The van der Waals surface area contributed by atoms with Gasteiger partial charge in [-0.15, -0.1) is 5.10 Å². The molecule has 1 aromatic heterocycles. The highest BCUT2D eigenvalue weighted by atomic mass is 32.1. The highest BCUT2D eigenvalue weighted by molar-refractivity contribution is 7.03. The number of ether oxygens (including phenoxy) is 1. The van der Waals surface area contributed by atoms with Crippen LogP contribution in [0.5, 0.6) is 5.75 Å². The quantitative estimate of drug-likeness (QED) is 0.618. The van der Waals surface area contributed by atoms with Crippen LogP contribution in [0.3, 0.4) is 0 Å². The molecule has 1 heterocycles. The molecular formula is C11H14N4OS. The van der Waals surface area contributed by atoms with Gasteiger partial charge in [0.1, 0.15) is 5.75 Å². The third kappa shape index (κ3) is 2.79. The van der Waals surface area contributed by atoms with E-state index in [0.717, 1.165) is 17.0 Å². The van der Waals surface area contributed by atoms with Gasteiger partial charge in [-0.1, -0.05) is 22.7 Å². The van der Waals surface area contributed by atoms with Gasteiger partial charge in [-0.05, 0) is 29.6 Å². The van der Waals surface area contributed by atoms with Crippen molar-refractivity contribution in [3.05, 3.63) is 40.9 Å². The molecule has 1 aromatic carbocycles. The Morgan fingerprint density at radius 2 is 2.29 bits per heavy atom. The first-order valence-electron chi connectivity index (χ1n) is 5.20. The Morgan fingerprint density at radius 3 is 2.94 bits per heavy atom. The average molecular weight is 250 g/mol. The van der Waals surface area contributed by atoms with Crippen LogP contribution in [-0.2, 0) is 6.42 Å². The van der Waals surface area contributed by atoms with Gasteiger partial charge in [0, 0.05) is 5.38 Å². The van der Waals surface area contributed by atoms with E-state index in [1.54, 1.807) is 7.11 Å². The molecule has 0 amide bonds. The molecule has 1 atom stereocenters. The van der Waals surface area contributed by atoms with Crippen LogP contribution in [0.2, 0.25) is 0 Å². The zero-order valence-electron chi connectivity index (χ0n) is 9.46. The molecule has 0 aliphatic rings. The number of nitrogens with two attached hydrogens (primary N) is 1. The number of hydrogen-bond donors (Lipinski definition) is 2. The van der Waals surface area contributed by atoms with E-state index in [0.29, 0.717) is 6.42 Å². The summed E-state index contributed by atoms with van der Waals surface area (Å²) in [4.78, 5) is 0. The van der Waals surface area contributed by atoms with Crippen molar-refractivity contribution in [2.45, 2.75) is 12.5 Å². The third-order valence-electron chi connectivity index (χ3n) is 2.55. The minimum atomic E-state index is -0.0509. The molecule has 0 fully saturated rings. The number of nitrogens with one attached hydrogen (secondary N) is 1. The van der Waals surface area contributed by atoms with Crippen molar-refractivity contribution in [1.82, 2.24) is 15.0 Å². The molecule has 0 saturated carbocycles. The van der Waals surface area contributed by atoms with Gasteiger partial charge in [0.15, 0.2) is 0 Å². The zero-order chi connectivity index (χ0) is 12.1. The molecule has 17 heavy (non-hydrogen) atoms. The number of methoxy groups -OCH3 is 1. The summed E-state index contributed by atoms with van der Waals surface area (Å²) in [6, 6.07) is 7.82. The van der Waals surface area contributed by atoms with E-state index in [-0.39, 0.29) is 6.04 Å². The van der Waals surface area contributed by atoms with Gasteiger partial charge in [-0.25, -0.2) is 0 Å². The molecule has 5 nitrogen and oxygen atoms in total. The minimum absolute atomic E-state index is 0.0509. The largest absolute Gasteiger partial charge is 0.496 e. The summed E-state index contributed by atoms with van der Waals surface area (Å²) >= 11 is 1.32. The van der Waals surface area contributed by atoms with Crippen molar-refractivity contribution in [2.75, 3.05) is 7.11 Å². The maximum Gasteiger partial charge on any atom is 0.122 e. The highest BCUT2D eigenvalue weighted by Crippen LogP contribution is 2.23.